The van der Waals surface area contributed by atoms with Crippen LogP contribution in [-0.4, -0.2) is 41.4 Å². The lowest BCUT2D eigenvalue weighted by atomic mass is 9.97. The molecule has 1 unspecified atom stereocenters. The Hall–Kier alpha value is -1.04. The van der Waals surface area contributed by atoms with Crippen molar-refractivity contribution in [2.75, 3.05) is 24.6 Å². The van der Waals surface area contributed by atoms with E-state index in [1.54, 1.807) is 0 Å². The third kappa shape index (κ3) is 5.23. The average molecular weight is 348 g/mol. The van der Waals surface area contributed by atoms with Crippen LogP contribution in [-0.2, 0) is 17.9 Å². The van der Waals surface area contributed by atoms with Gasteiger partial charge in [-0.2, -0.15) is 11.8 Å². The molecule has 24 heavy (non-hydrogen) atoms. The molecule has 1 amide bonds. The summed E-state index contributed by atoms with van der Waals surface area (Å²) in [6.07, 6.45) is 4.57. The lowest BCUT2D eigenvalue weighted by Crippen LogP contribution is -2.40. The van der Waals surface area contributed by atoms with Crippen molar-refractivity contribution in [1.82, 2.24) is 10.2 Å². The summed E-state index contributed by atoms with van der Waals surface area (Å²) in [5.74, 6) is 2.44. The number of nitrogens with zero attached hydrogens (tertiary/aromatic N) is 1. The molecular formula is C19H29N3OS. The molecule has 1 atom stereocenters. The largest absolute Gasteiger partial charge is 0.369 e. The van der Waals surface area contributed by atoms with Crippen molar-refractivity contribution in [1.29, 1.82) is 0 Å². The van der Waals surface area contributed by atoms with Gasteiger partial charge in [-0.05, 0) is 54.9 Å². The molecule has 0 aromatic heterocycles. The minimum Gasteiger partial charge on any atom is -0.369 e. The van der Waals surface area contributed by atoms with E-state index in [0.717, 1.165) is 39.0 Å². The second kappa shape index (κ2) is 8.88. The van der Waals surface area contributed by atoms with Crippen LogP contribution in [0.15, 0.2) is 24.3 Å². The second-order valence-electron chi connectivity index (χ2n) is 7.06. The van der Waals surface area contributed by atoms with Gasteiger partial charge < -0.3 is 11.1 Å². The molecule has 2 fully saturated rings. The maximum atomic E-state index is 11.4. The van der Waals surface area contributed by atoms with Gasteiger partial charge in [0.05, 0.1) is 5.92 Å². The van der Waals surface area contributed by atoms with Crippen LogP contribution in [0.5, 0.6) is 0 Å². The van der Waals surface area contributed by atoms with E-state index >= 15 is 0 Å². The van der Waals surface area contributed by atoms with E-state index < -0.39 is 0 Å². The van der Waals surface area contributed by atoms with E-state index in [1.807, 2.05) is 0 Å². The summed E-state index contributed by atoms with van der Waals surface area (Å²) in [4.78, 5) is 13.8. The van der Waals surface area contributed by atoms with Crippen molar-refractivity contribution in [3.8, 4) is 0 Å². The summed E-state index contributed by atoms with van der Waals surface area (Å²) >= 11 is 2.07. The quantitative estimate of drug-likeness (QED) is 0.829. The third-order valence-corrected chi connectivity index (χ3v) is 6.17. The monoisotopic (exact) mass is 347 g/mol. The number of hydrogen-bond acceptors (Lipinski definition) is 4. The summed E-state index contributed by atoms with van der Waals surface area (Å²) < 4.78 is 0. The molecule has 2 aliphatic rings. The van der Waals surface area contributed by atoms with Gasteiger partial charge >= 0.3 is 0 Å². The van der Waals surface area contributed by atoms with E-state index in [9.17, 15) is 4.79 Å². The van der Waals surface area contributed by atoms with Crippen molar-refractivity contribution < 1.29 is 4.79 Å². The molecule has 0 aliphatic carbocycles. The van der Waals surface area contributed by atoms with Crippen LogP contribution in [0.25, 0.3) is 0 Å². The first-order valence-corrected chi connectivity index (χ1v) is 10.3. The normalized spacial score (nSPS) is 23.2. The SMILES string of the molecule is NC(=O)C1CCCN(Cc2cccc(CNC3CCSCC3)c2)C1. The highest BCUT2D eigenvalue weighted by molar-refractivity contribution is 7.99. The van der Waals surface area contributed by atoms with Crippen LogP contribution >= 0.6 is 11.8 Å². The highest BCUT2D eigenvalue weighted by atomic mass is 32.2. The molecule has 3 N–H and O–H groups in total. The van der Waals surface area contributed by atoms with Gasteiger partial charge in [0.25, 0.3) is 0 Å². The molecule has 132 valence electrons. The summed E-state index contributed by atoms with van der Waals surface area (Å²) in [6.45, 7) is 3.73. The Balaban J connectivity index is 1.51. The van der Waals surface area contributed by atoms with Crippen LogP contribution in [0.3, 0.4) is 0 Å². The standard InChI is InChI=1S/C19H29N3OS/c20-19(23)17-5-2-8-22(14-17)13-16-4-1-3-15(11-16)12-21-18-6-9-24-10-7-18/h1,3-4,11,17-18,21H,2,5-10,12-14H2,(H2,20,23). The van der Waals surface area contributed by atoms with Crippen LogP contribution in [0.1, 0.15) is 36.8 Å². The van der Waals surface area contributed by atoms with Gasteiger partial charge in [-0.3, -0.25) is 9.69 Å². The number of primary amides is 1. The van der Waals surface area contributed by atoms with E-state index in [1.165, 1.54) is 35.5 Å². The number of carbonyl (C=O) groups is 1. The summed E-state index contributed by atoms with van der Waals surface area (Å²) in [6, 6.07) is 9.52. The number of hydrogen-bond donors (Lipinski definition) is 2. The van der Waals surface area contributed by atoms with Gasteiger partial charge in [0.2, 0.25) is 5.91 Å². The predicted molar refractivity (Wildman–Crippen MR) is 101 cm³/mol. The fraction of sp³-hybridized carbons (Fsp3) is 0.632. The Morgan fingerprint density at radius 2 is 2.04 bits per heavy atom. The minimum absolute atomic E-state index is 0.0211. The number of carbonyl (C=O) groups excluding carboxylic acids is 1. The Kier molecular flexibility index (Phi) is 6.58. The maximum absolute atomic E-state index is 11.4. The topological polar surface area (TPSA) is 58.4 Å². The van der Waals surface area contributed by atoms with Crippen molar-refractivity contribution in [3.05, 3.63) is 35.4 Å². The first-order valence-electron chi connectivity index (χ1n) is 9.11. The van der Waals surface area contributed by atoms with Gasteiger partial charge in [-0.25, -0.2) is 0 Å². The lowest BCUT2D eigenvalue weighted by molar-refractivity contribution is -0.123. The van der Waals surface area contributed by atoms with Crippen molar-refractivity contribution >= 4 is 17.7 Å². The fourth-order valence-corrected chi connectivity index (χ4v) is 4.80. The number of thioether (sulfide) groups is 1. The molecule has 2 heterocycles. The molecule has 2 aliphatic heterocycles. The number of amides is 1. The van der Waals surface area contributed by atoms with Crippen LogP contribution < -0.4 is 11.1 Å². The van der Waals surface area contributed by atoms with Gasteiger partial charge in [0, 0.05) is 25.7 Å². The molecular weight excluding hydrogens is 318 g/mol. The predicted octanol–water partition coefficient (Wildman–Crippen LogP) is 2.37. The zero-order valence-electron chi connectivity index (χ0n) is 14.4. The molecule has 2 saturated heterocycles. The smallest absolute Gasteiger partial charge is 0.221 e. The Morgan fingerprint density at radius 1 is 1.25 bits per heavy atom. The van der Waals surface area contributed by atoms with E-state index in [4.69, 9.17) is 5.73 Å². The molecule has 0 spiro atoms. The Labute approximate surface area is 149 Å². The van der Waals surface area contributed by atoms with Crippen molar-refractivity contribution in [3.63, 3.8) is 0 Å². The molecule has 5 heteroatoms. The first kappa shape index (κ1) is 17.8. The maximum Gasteiger partial charge on any atom is 0.221 e. The lowest BCUT2D eigenvalue weighted by Gasteiger charge is -2.31. The zero-order chi connectivity index (χ0) is 16.8. The molecule has 0 bridgehead atoms. The number of rotatable bonds is 6. The summed E-state index contributed by atoms with van der Waals surface area (Å²) in [7, 11) is 0. The van der Waals surface area contributed by atoms with Crippen molar-refractivity contribution in [2.45, 2.75) is 44.8 Å². The highest BCUT2D eigenvalue weighted by Crippen LogP contribution is 2.20. The minimum atomic E-state index is -0.150. The van der Waals surface area contributed by atoms with Crippen molar-refractivity contribution in [2.24, 2.45) is 11.7 Å². The summed E-state index contributed by atoms with van der Waals surface area (Å²) in [5, 5.41) is 3.70. The van der Waals surface area contributed by atoms with Gasteiger partial charge in [-0.15, -0.1) is 0 Å². The zero-order valence-corrected chi connectivity index (χ0v) is 15.2. The molecule has 0 saturated carbocycles. The number of nitrogens with one attached hydrogen (secondary N) is 1. The number of nitrogens with two attached hydrogens (primary N) is 1. The van der Waals surface area contributed by atoms with E-state index in [2.05, 4.69) is 46.2 Å². The molecule has 4 nitrogen and oxygen atoms in total. The van der Waals surface area contributed by atoms with Gasteiger partial charge in [0.15, 0.2) is 0 Å². The number of benzene rings is 1. The number of likely N-dealkylation sites (tertiary alicyclic amines) is 1. The fourth-order valence-electron chi connectivity index (χ4n) is 3.69. The highest BCUT2D eigenvalue weighted by Gasteiger charge is 2.23. The average Bonchev–Trinajstić information content (AvgIpc) is 2.61. The van der Waals surface area contributed by atoms with Gasteiger partial charge in [-0.1, -0.05) is 24.3 Å². The van der Waals surface area contributed by atoms with E-state index in [0.29, 0.717) is 6.04 Å². The Morgan fingerprint density at radius 3 is 2.83 bits per heavy atom. The Bertz CT molecular complexity index is 545. The number of piperidine rings is 1. The molecule has 3 rings (SSSR count). The second-order valence-corrected chi connectivity index (χ2v) is 8.29. The molecule has 1 aromatic carbocycles. The molecule has 0 radical (unpaired) electrons. The van der Waals surface area contributed by atoms with Crippen LogP contribution in [0.4, 0.5) is 0 Å². The van der Waals surface area contributed by atoms with E-state index in [-0.39, 0.29) is 11.8 Å². The molecule has 1 aromatic rings. The van der Waals surface area contributed by atoms with Crippen LogP contribution in [0.2, 0.25) is 0 Å². The third-order valence-electron chi connectivity index (χ3n) is 5.12. The first-order chi connectivity index (χ1) is 11.7. The summed E-state index contributed by atoms with van der Waals surface area (Å²) in [5.41, 5.74) is 8.17. The van der Waals surface area contributed by atoms with Gasteiger partial charge in [0.1, 0.15) is 0 Å². The van der Waals surface area contributed by atoms with Crippen LogP contribution in [0, 0.1) is 5.92 Å².